The minimum atomic E-state index is -1.19. The van der Waals surface area contributed by atoms with E-state index in [-0.39, 0.29) is 0 Å². The number of likely N-dealkylation sites (N-methyl/N-ethyl adjacent to an activating group) is 2. The van der Waals surface area contributed by atoms with Crippen LogP contribution in [0.4, 0.5) is 0 Å². The van der Waals surface area contributed by atoms with Crippen molar-refractivity contribution in [3.05, 3.63) is 24.0 Å². The molecule has 1 aromatic heterocycles. The van der Waals surface area contributed by atoms with Crippen molar-refractivity contribution in [1.29, 1.82) is 0 Å². The van der Waals surface area contributed by atoms with Crippen LogP contribution < -0.4 is 5.32 Å². The van der Waals surface area contributed by atoms with Gasteiger partial charge in [0.2, 0.25) is 0 Å². The second-order valence-corrected chi connectivity index (χ2v) is 3.45. The van der Waals surface area contributed by atoms with E-state index in [4.69, 9.17) is 5.11 Å². The zero-order valence-electron chi connectivity index (χ0n) is 9.23. The summed E-state index contributed by atoms with van der Waals surface area (Å²) in [5.74, 6) is -1.64. The molecule has 6 nitrogen and oxygen atoms in total. The predicted octanol–water partition coefficient (Wildman–Crippen LogP) is -0.354. The molecule has 1 atom stereocenters. The SMILES string of the molecule is CNC(C(=O)O)C(=O)N(C)Cc1ccc[nH]1. The van der Waals surface area contributed by atoms with Gasteiger partial charge in [0.05, 0.1) is 6.54 Å². The lowest BCUT2D eigenvalue weighted by Crippen LogP contribution is -2.48. The lowest BCUT2D eigenvalue weighted by molar-refractivity contribution is -0.147. The summed E-state index contributed by atoms with van der Waals surface area (Å²) in [6.07, 6.45) is 1.75. The topological polar surface area (TPSA) is 85.4 Å². The van der Waals surface area contributed by atoms with Crippen molar-refractivity contribution < 1.29 is 14.7 Å². The van der Waals surface area contributed by atoms with Gasteiger partial charge in [-0.25, -0.2) is 4.79 Å². The van der Waals surface area contributed by atoms with Gasteiger partial charge in [-0.05, 0) is 19.2 Å². The molecule has 1 aromatic rings. The number of carboxylic acids is 1. The minimum absolute atomic E-state index is 0.358. The van der Waals surface area contributed by atoms with Crippen molar-refractivity contribution in [2.75, 3.05) is 14.1 Å². The summed E-state index contributed by atoms with van der Waals surface area (Å²) in [7, 11) is 3.01. The van der Waals surface area contributed by atoms with Gasteiger partial charge in [-0.3, -0.25) is 10.1 Å². The number of amides is 1. The second kappa shape index (κ2) is 5.32. The number of carbonyl (C=O) groups excluding carboxylic acids is 1. The average molecular weight is 225 g/mol. The van der Waals surface area contributed by atoms with E-state index in [1.165, 1.54) is 11.9 Å². The third-order valence-electron chi connectivity index (χ3n) is 2.23. The molecule has 0 bridgehead atoms. The molecule has 0 spiro atoms. The largest absolute Gasteiger partial charge is 0.480 e. The molecular weight excluding hydrogens is 210 g/mol. The molecular formula is C10H15N3O3. The summed E-state index contributed by atoms with van der Waals surface area (Å²) >= 11 is 0. The minimum Gasteiger partial charge on any atom is -0.480 e. The first kappa shape index (κ1) is 12.3. The molecule has 1 rings (SSSR count). The molecule has 1 unspecified atom stereocenters. The van der Waals surface area contributed by atoms with Gasteiger partial charge in [0.1, 0.15) is 0 Å². The van der Waals surface area contributed by atoms with Crippen molar-refractivity contribution in [2.24, 2.45) is 0 Å². The van der Waals surface area contributed by atoms with Gasteiger partial charge in [0, 0.05) is 18.9 Å². The van der Waals surface area contributed by atoms with Crippen LogP contribution >= 0.6 is 0 Å². The van der Waals surface area contributed by atoms with Gasteiger partial charge in [-0.1, -0.05) is 0 Å². The fraction of sp³-hybridized carbons (Fsp3) is 0.400. The molecule has 0 fully saturated rings. The highest BCUT2D eigenvalue weighted by Gasteiger charge is 2.27. The Bertz CT molecular complexity index is 361. The maximum atomic E-state index is 11.7. The number of carboxylic acid groups (broad SMARTS) is 1. The van der Waals surface area contributed by atoms with Gasteiger partial charge >= 0.3 is 5.97 Å². The first-order valence-electron chi connectivity index (χ1n) is 4.83. The number of nitrogens with zero attached hydrogens (tertiary/aromatic N) is 1. The van der Waals surface area contributed by atoms with E-state index in [9.17, 15) is 9.59 Å². The summed E-state index contributed by atoms with van der Waals surface area (Å²) in [4.78, 5) is 26.8. The van der Waals surface area contributed by atoms with E-state index in [2.05, 4.69) is 10.3 Å². The lowest BCUT2D eigenvalue weighted by Gasteiger charge is -2.20. The molecule has 1 amide bonds. The van der Waals surface area contributed by atoms with Crippen LogP contribution in [0.25, 0.3) is 0 Å². The Kier molecular flexibility index (Phi) is 4.07. The molecule has 0 aliphatic heterocycles. The quantitative estimate of drug-likeness (QED) is 0.598. The third kappa shape index (κ3) is 2.83. The summed E-state index contributed by atoms with van der Waals surface area (Å²) < 4.78 is 0. The highest BCUT2D eigenvalue weighted by Crippen LogP contribution is 2.01. The Morgan fingerprint density at radius 3 is 2.75 bits per heavy atom. The second-order valence-electron chi connectivity index (χ2n) is 3.45. The van der Waals surface area contributed by atoms with Crippen molar-refractivity contribution in [1.82, 2.24) is 15.2 Å². The van der Waals surface area contributed by atoms with E-state index in [0.717, 1.165) is 5.69 Å². The van der Waals surface area contributed by atoms with Crippen molar-refractivity contribution in [3.8, 4) is 0 Å². The summed E-state index contributed by atoms with van der Waals surface area (Å²) in [5.41, 5.74) is 0.857. The molecule has 0 saturated heterocycles. The maximum absolute atomic E-state index is 11.7. The van der Waals surface area contributed by atoms with Crippen LogP contribution in [-0.2, 0) is 16.1 Å². The third-order valence-corrected chi connectivity index (χ3v) is 2.23. The van der Waals surface area contributed by atoms with Crippen LogP contribution in [0.5, 0.6) is 0 Å². The smallest absolute Gasteiger partial charge is 0.330 e. The van der Waals surface area contributed by atoms with Crippen molar-refractivity contribution in [2.45, 2.75) is 12.6 Å². The Morgan fingerprint density at radius 1 is 1.62 bits per heavy atom. The number of rotatable bonds is 5. The first-order valence-corrected chi connectivity index (χ1v) is 4.83. The highest BCUT2D eigenvalue weighted by molar-refractivity contribution is 6.00. The normalized spacial score (nSPS) is 12.1. The zero-order chi connectivity index (χ0) is 12.1. The Morgan fingerprint density at radius 2 is 2.31 bits per heavy atom. The molecule has 0 aliphatic rings. The van der Waals surface area contributed by atoms with Crippen LogP contribution in [0.15, 0.2) is 18.3 Å². The number of nitrogens with one attached hydrogen (secondary N) is 2. The van der Waals surface area contributed by atoms with Gasteiger partial charge in [0.25, 0.3) is 5.91 Å². The van der Waals surface area contributed by atoms with Gasteiger partial charge < -0.3 is 15.0 Å². The first-order chi connectivity index (χ1) is 7.56. The number of hydrogen-bond acceptors (Lipinski definition) is 3. The summed E-state index contributed by atoms with van der Waals surface area (Å²) in [6, 6.07) is 2.46. The average Bonchev–Trinajstić information content (AvgIpc) is 2.70. The van der Waals surface area contributed by atoms with E-state index in [1.54, 1.807) is 13.2 Å². The van der Waals surface area contributed by atoms with E-state index in [0.29, 0.717) is 6.54 Å². The Hall–Kier alpha value is -1.82. The van der Waals surface area contributed by atoms with Crippen molar-refractivity contribution >= 4 is 11.9 Å². The number of H-pyrrole nitrogens is 1. The van der Waals surface area contributed by atoms with Crippen LogP contribution in [0.3, 0.4) is 0 Å². The zero-order valence-corrected chi connectivity index (χ0v) is 9.23. The van der Waals surface area contributed by atoms with E-state index >= 15 is 0 Å². The van der Waals surface area contributed by atoms with Crippen LogP contribution in [-0.4, -0.2) is 47.0 Å². The van der Waals surface area contributed by atoms with Crippen LogP contribution in [0, 0.1) is 0 Å². The van der Waals surface area contributed by atoms with E-state index in [1.807, 2.05) is 12.1 Å². The highest BCUT2D eigenvalue weighted by atomic mass is 16.4. The molecule has 1 heterocycles. The molecule has 6 heteroatoms. The Labute approximate surface area is 93.3 Å². The molecule has 0 aromatic carbocycles. The molecule has 0 aliphatic carbocycles. The number of aromatic amines is 1. The van der Waals surface area contributed by atoms with Crippen LogP contribution in [0.1, 0.15) is 5.69 Å². The number of aliphatic carboxylic acids is 1. The Balaban J connectivity index is 2.62. The standard InChI is InChI=1S/C10H15N3O3/c1-11-8(10(15)16)9(14)13(2)6-7-4-3-5-12-7/h3-5,8,11-12H,6H2,1-2H3,(H,15,16). The number of aromatic nitrogens is 1. The summed E-state index contributed by atoms with van der Waals surface area (Å²) in [5, 5.41) is 11.3. The molecule has 3 N–H and O–H groups in total. The van der Waals surface area contributed by atoms with E-state index < -0.39 is 17.9 Å². The van der Waals surface area contributed by atoms with Crippen molar-refractivity contribution in [3.63, 3.8) is 0 Å². The number of hydrogen-bond donors (Lipinski definition) is 3. The molecule has 0 radical (unpaired) electrons. The fourth-order valence-electron chi connectivity index (χ4n) is 1.37. The molecule has 88 valence electrons. The molecule has 0 saturated carbocycles. The monoisotopic (exact) mass is 225 g/mol. The lowest BCUT2D eigenvalue weighted by atomic mass is 10.2. The summed E-state index contributed by atoms with van der Waals surface area (Å²) in [6.45, 7) is 0.358. The fourth-order valence-corrected chi connectivity index (χ4v) is 1.37. The van der Waals surface area contributed by atoms with Gasteiger partial charge in [-0.15, -0.1) is 0 Å². The number of carbonyl (C=O) groups is 2. The predicted molar refractivity (Wildman–Crippen MR) is 57.8 cm³/mol. The maximum Gasteiger partial charge on any atom is 0.330 e. The van der Waals surface area contributed by atoms with Crippen LogP contribution in [0.2, 0.25) is 0 Å². The van der Waals surface area contributed by atoms with Gasteiger partial charge in [0.15, 0.2) is 6.04 Å². The molecule has 16 heavy (non-hydrogen) atoms. The van der Waals surface area contributed by atoms with Gasteiger partial charge in [-0.2, -0.15) is 0 Å².